The summed E-state index contributed by atoms with van der Waals surface area (Å²) in [4.78, 5) is 0. The van der Waals surface area contributed by atoms with Gasteiger partial charge in [0.05, 0.1) is 0 Å². The van der Waals surface area contributed by atoms with Crippen LogP contribution in [0.4, 0.5) is 0 Å². The van der Waals surface area contributed by atoms with E-state index in [-0.39, 0.29) is 0 Å². The van der Waals surface area contributed by atoms with E-state index in [1.165, 1.54) is 0 Å². The number of rotatable bonds is 18. The molecule has 0 saturated heterocycles. The van der Waals surface area contributed by atoms with Gasteiger partial charge in [-0.2, -0.15) is 0 Å². The summed E-state index contributed by atoms with van der Waals surface area (Å²) in [6.45, 7) is 0. The van der Waals surface area contributed by atoms with Gasteiger partial charge in [-0.05, 0) is 218 Å². The van der Waals surface area contributed by atoms with E-state index in [2.05, 4.69) is 473 Å². The molecule has 0 nitrogen and oxygen atoms in total. The van der Waals surface area contributed by atoms with Crippen molar-refractivity contribution in [1.29, 1.82) is 0 Å². The Kier molecular flexibility index (Phi) is 19.3. The molecule has 0 unspecified atom stereocenters. The summed E-state index contributed by atoms with van der Waals surface area (Å²) >= 11 is 0. The molecule has 0 amide bonds. The monoisotopic (exact) mass is 1450 g/mol. The maximum Gasteiger partial charge on any atom is -0.00134 e. The van der Waals surface area contributed by atoms with Crippen LogP contribution in [0.1, 0.15) is 0 Å². The van der Waals surface area contributed by atoms with E-state index in [1.807, 2.05) is 0 Å². The summed E-state index contributed by atoms with van der Waals surface area (Å²) in [5.41, 5.74) is 39.8. The molecule has 19 aromatic rings. The third kappa shape index (κ3) is 13.2. The van der Waals surface area contributed by atoms with Crippen molar-refractivity contribution < 1.29 is 0 Å². The van der Waals surface area contributed by atoms with Crippen molar-refractivity contribution in [2.75, 3.05) is 0 Å². The van der Waals surface area contributed by atoms with Gasteiger partial charge in [-0.15, -0.1) is 0 Å². The lowest BCUT2D eigenvalue weighted by atomic mass is 9.71. The van der Waals surface area contributed by atoms with E-state index in [0.29, 0.717) is 0 Å². The topological polar surface area (TPSA) is 0 Å². The van der Waals surface area contributed by atoms with Crippen LogP contribution in [0.2, 0.25) is 0 Å². The van der Waals surface area contributed by atoms with E-state index in [4.69, 9.17) is 0 Å². The summed E-state index contributed by atoms with van der Waals surface area (Å²) < 4.78 is 0. The lowest BCUT2D eigenvalue weighted by Crippen LogP contribution is -2.05. The standard InChI is InChI=1S/C114H78/c1-16-46-79(47-17-1)97-100(82-52-22-4-23-53-82)106(88-64-34-10-35-65-88)112(107(89-66-36-11-37-67-89)101(97)83-54-24-5-25-55-83)94-76-95(113-108(90-68-38-12-39-69-90)102(84-56-26-6-27-57-84)98(80-48-18-2-19-49-80)103(85-58-28-7-29-59-85)109(113)91-70-40-13-41-71-91)78-96(77-94)114-110(92-72-42-14-43-73-92)104(86-60-30-8-31-61-86)99(81-50-20-3-21-51-81)105(87-62-32-9-33-63-87)111(114)93-74-44-15-45-75-93/h1-78H. The summed E-state index contributed by atoms with van der Waals surface area (Å²) in [7, 11) is 0. The van der Waals surface area contributed by atoms with E-state index in [0.717, 1.165) is 200 Å². The van der Waals surface area contributed by atoms with Gasteiger partial charge < -0.3 is 0 Å². The van der Waals surface area contributed by atoms with Gasteiger partial charge in [-0.3, -0.25) is 0 Å². The second kappa shape index (κ2) is 31.6. The largest absolute Gasteiger partial charge is 0.0622 e. The maximum absolute atomic E-state index is 2.60. The summed E-state index contributed by atoms with van der Waals surface area (Å²) in [5.74, 6) is 0. The molecule has 534 valence electrons. The number of hydrogen-bond acceptors (Lipinski definition) is 0. The molecule has 0 N–H and O–H groups in total. The molecule has 0 heterocycles. The van der Waals surface area contributed by atoms with E-state index < -0.39 is 0 Å². The number of hydrogen-bond donors (Lipinski definition) is 0. The molecule has 0 saturated carbocycles. The fraction of sp³-hybridized carbons (Fsp3) is 0. The molecule has 19 aromatic carbocycles. The van der Waals surface area contributed by atoms with Crippen molar-refractivity contribution in [3.05, 3.63) is 473 Å². The van der Waals surface area contributed by atoms with Crippen LogP contribution >= 0.6 is 0 Å². The summed E-state index contributed by atoms with van der Waals surface area (Å²) in [6.07, 6.45) is 0. The van der Waals surface area contributed by atoms with Crippen LogP contribution in [0, 0.1) is 0 Å². The Hall–Kier alpha value is -14.8. The highest BCUT2D eigenvalue weighted by Gasteiger charge is 2.36. The fourth-order valence-electron chi connectivity index (χ4n) is 17.6. The van der Waals surface area contributed by atoms with E-state index >= 15 is 0 Å². The zero-order valence-electron chi connectivity index (χ0n) is 63.0. The molecule has 0 fully saturated rings. The molecule has 0 aliphatic carbocycles. The first-order chi connectivity index (χ1) is 56.7. The Morgan fingerprint density at radius 3 is 0.193 bits per heavy atom. The van der Waals surface area contributed by atoms with Crippen molar-refractivity contribution >= 4 is 0 Å². The fourth-order valence-corrected chi connectivity index (χ4v) is 17.6. The average Bonchev–Trinajstić information content (AvgIpc) is 0.712. The molecule has 0 spiro atoms. The Balaban J connectivity index is 1.14. The van der Waals surface area contributed by atoms with Crippen molar-refractivity contribution in [2.24, 2.45) is 0 Å². The summed E-state index contributed by atoms with van der Waals surface area (Å²) in [5, 5.41) is 0. The first-order valence-corrected chi connectivity index (χ1v) is 39.4. The Labute approximate surface area is 668 Å². The van der Waals surface area contributed by atoms with Gasteiger partial charge in [0.15, 0.2) is 0 Å². The zero-order chi connectivity index (χ0) is 75.9. The highest BCUT2D eigenvalue weighted by atomic mass is 14.4. The van der Waals surface area contributed by atoms with Crippen molar-refractivity contribution in [3.63, 3.8) is 0 Å². The van der Waals surface area contributed by atoms with Crippen LogP contribution < -0.4 is 0 Å². The Bertz CT molecular complexity index is 5580. The SMILES string of the molecule is c1ccc(-c2c(-c3ccccc3)c(-c3ccccc3)c(-c3cc(-c4c(-c5ccccc5)c(-c5ccccc5)c(-c5ccccc5)c(-c5ccccc5)c4-c4ccccc4)cc(-c4c(-c5ccccc5)c(-c5ccccc5)c(-c5ccccc5)c(-c5ccccc5)c4-c4ccccc4)c3)c(-c3ccccc3)c2-c2ccccc2)cc1. The lowest BCUT2D eigenvalue weighted by Gasteiger charge is -2.31. The maximum atomic E-state index is 2.60. The van der Waals surface area contributed by atoms with Gasteiger partial charge in [0.25, 0.3) is 0 Å². The minimum absolute atomic E-state index is 1.04. The second-order valence-electron chi connectivity index (χ2n) is 29.0. The molecule has 19 rings (SSSR count). The molecular formula is C114H78. The highest BCUT2D eigenvalue weighted by Crippen LogP contribution is 2.62. The van der Waals surface area contributed by atoms with Gasteiger partial charge in [-0.25, -0.2) is 0 Å². The third-order valence-electron chi connectivity index (χ3n) is 22.2. The molecule has 0 aromatic heterocycles. The Morgan fingerprint density at radius 2 is 0.123 bits per heavy atom. The normalized spacial score (nSPS) is 11.2. The molecule has 114 heavy (non-hydrogen) atoms. The minimum atomic E-state index is 1.04. The van der Waals surface area contributed by atoms with E-state index in [1.54, 1.807) is 0 Å². The quantitative estimate of drug-likeness (QED) is 0.0803. The first-order valence-electron chi connectivity index (χ1n) is 39.4. The predicted octanol–water partition coefficient (Wildman–Crippen LogP) is 31.7. The highest BCUT2D eigenvalue weighted by molar-refractivity contribution is 6.21. The minimum Gasteiger partial charge on any atom is -0.0622 e. The van der Waals surface area contributed by atoms with Crippen molar-refractivity contribution in [3.8, 4) is 200 Å². The van der Waals surface area contributed by atoms with Crippen LogP contribution in [-0.4, -0.2) is 0 Å². The molecular weight excluding hydrogens is 1370 g/mol. The molecule has 0 radical (unpaired) electrons. The van der Waals surface area contributed by atoms with Gasteiger partial charge >= 0.3 is 0 Å². The van der Waals surface area contributed by atoms with Gasteiger partial charge in [-0.1, -0.05) is 455 Å². The average molecular weight is 1450 g/mol. The lowest BCUT2D eigenvalue weighted by molar-refractivity contribution is 1.49. The van der Waals surface area contributed by atoms with Crippen LogP contribution in [0.15, 0.2) is 473 Å². The molecule has 0 heteroatoms. The van der Waals surface area contributed by atoms with Crippen LogP contribution in [-0.2, 0) is 0 Å². The second-order valence-corrected chi connectivity index (χ2v) is 29.0. The molecule has 0 aliphatic heterocycles. The number of benzene rings is 19. The van der Waals surface area contributed by atoms with Gasteiger partial charge in [0.1, 0.15) is 0 Å². The first kappa shape index (κ1) is 69.6. The van der Waals surface area contributed by atoms with E-state index in [9.17, 15) is 0 Å². The van der Waals surface area contributed by atoms with Crippen molar-refractivity contribution in [2.45, 2.75) is 0 Å². The predicted molar refractivity (Wildman–Crippen MR) is 484 cm³/mol. The van der Waals surface area contributed by atoms with Gasteiger partial charge in [0, 0.05) is 0 Å². The molecule has 0 bridgehead atoms. The van der Waals surface area contributed by atoms with Crippen LogP contribution in [0.5, 0.6) is 0 Å². The molecule has 0 aliphatic rings. The Morgan fingerprint density at radius 1 is 0.0614 bits per heavy atom. The van der Waals surface area contributed by atoms with Crippen LogP contribution in [0.25, 0.3) is 200 Å². The van der Waals surface area contributed by atoms with Crippen molar-refractivity contribution in [1.82, 2.24) is 0 Å². The van der Waals surface area contributed by atoms with Crippen LogP contribution in [0.3, 0.4) is 0 Å². The summed E-state index contributed by atoms with van der Waals surface area (Å²) in [6, 6.07) is 176. The molecule has 0 atom stereocenters. The van der Waals surface area contributed by atoms with Gasteiger partial charge in [0.2, 0.25) is 0 Å². The zero-order valence-corrected chi connectivity index (χ0v) is 63.0. The smallest absolute Gasteiger partial charge is 0.00134 e. The third-order valence-corrected chi connectivity index (χ3v) is 22.2.